The molecule has 1 aromatic carbocycles. The van der Waals surface area contributed by atoms with Crippen molar-refractivity contribution < 1.29 is 4.79 Å². The van der Waals surface area contributed by atoms with Crippen LogP contribution in [0.2, 0.25) is 0 Å². The molecule has 0 atom stereocenters. The second-order valence-electron chi connectivity index (χ2n) is 4.59. The molecule has 2 nitrogen and oxygen atoms in total. The molecule has 106 valence electrons. The highest BCUT2D eigenvalue weighted by Gasteiger charge is 2.31. The van der Waals surface area contributed by atoms with E-state index in [4.69, 9.17) is 12.2 Å². The number of benzene rings is 1. The molecule has 0 radical (unpaired) electrons. The zero-order chi connectivity index (χ0) is 14.5. The summed E-state index contributed by atoms with van der Waals surface area (Å²) in [7, 11) is 0. The van der Waals surface area contributed by atoms with E-state index in [9.17, 15) is 4.79 Å². The molecule has 0 aliphatic carbocycles. The number of carbonyl (C=O) groups is 1. The van der Waals surface area contributed by atoms with Gasteiger partial charge in [0.1, 0.15) is 4.32 Å². The molecule has 1 aliphatic rings. The van der Waals surface area contributed by atoms with E-state index in [-0.39, 0.29) is 5.91 Å². The van der Waals surface area contributed by atoms with E-state index in [1.807, 2.05) is 31.2 Å². The summed E-state index contributed by atoms with van der Waals surface area (Å²) in [6.45, 7) is 2.77. The topological polar surface area (TPSA) is 20.3 Å². The summed E-state index contributed by atoms with van der Waals surface area (Å²) in [5.74, 6) is 1.09. The number of thioether (sulfide) groups is 2. The average Bonchev–Trinajstić information content (AvgIpc) is 2.66. The van der Waals surface area contributed by atoms with Gasteiger partial charge >= 0.3 is 0 Å². The van der Waals surface area contributed by atoms with E-state index in [1.165, 1.54) is 17.3 Å². The lowest BCUT2D eigenvalue weighted by Gasteiger charge is -2.13. The highest BCUT2D eigenvalue weighted by atomic mass is 32.2. The van der Waals surface area contributed by atoms with Crippen LogP contribution in [0.15, 0.2) is 29.2 Å². The monoisotopic (exact) mass is 323 g/mol. The van der Waals surface area contributed by atoms with Crippen LogP contribution in [-0.2, 0) is 4.79 Å². The second-order valence-corrected chi connectivity index (χ2v) is 7.26. The Morgan fingerprint density at radius 2 is 2.25 bits per heavy atom. The largest absolute Gasteiger partial charge is 0.293 e. The molecule has 2 rings (SSSR count). The van der Waals surface area contributed by atoms with E-state index in [1.54, 1.807) is 16.7 Å². The molecule has 0 unspecified atom stereocenters. The molecule has 20 heavy (non-hydrogen) atoms. The Bertz CT molecular complexity index is 554. The smallest absolute Gasteiger partial charge is 0.266 e. The maximum absolute atomic E-state index is 12.3. The number of hydrogen-bond acceptors (Lipinski definition) is 4. The van der Waals surface area contributed by atoms with E-state index >= 15 is 0 Å². The van der Waals surface area contributed by atoms with Crippen LogP contribution in [-0.4, -0.2) is 33.7 Å². The molecule has 1 saturated heterocycles. The Labute approximate surface area is 134 Å². The standard InChI is InChI=1S/C15H17NOS3/c1-11-5-3-6-12(9-11)10-13-14(17)16(15(18)20-13)7-4-8-19-2/h3,5-6,9-10H,4,7-8H2,1-2H3. The predicted octanol–water partition coefficient (Wildman–Crippen LogP) is 3.95. The van der Waals surface area contributed by atoms with Crippen LogP contribution >= 0.6 is 35.7 Å². The molecular formula is C15H17NOS3. The summed E-state index contributed by atoms with van der Waals surface area (Å²) in [6, 6.07) is 8.12. The number of rotatable bonds is 5. The molecular weight excluding hydrogens is 306 g/mol. The molecule has 5 heteroatoms. The molecule has 1 heterocycles. The number of hydrogen-bond donors (Lipinski definition) is 0. The lowest BCUT2D eigenvalue weighted by Crippen LogP contribution is -2.29. The third-order valence-corrected chi connectivity index (χ3v) is 5.02. The Morgan fingerprint density at radius 3 is 2.95 bits per heavy atom. The van der Waals surface area contributed by atoms with Crippen LogP contribution in [0.3, 0.4) is 0 Å². The van der Waals surface area contributed by atoms with E-state index in [2.05, 4.69) is 12.3 Å². The van der Waals surface area contributed by atoms with Gasteiger partial charge in [-0.1, -0.05) is 53.8 Å². The summed E-state index contributed by atoms with van der Waals surface area (Å²) < 4.78 is 0.676. The van der Waals surface area contributed by atoms with Crippen LogP contribution in [0.1, 0.15) is 17.5 Å². The fourth-order valence-electron chi connectivity index (χ4n) is 1.97. The molecule has 1 amide bonds. The fourth-order valence-corrected chi connectivity index (χ4v) is 3.70. The molecule has 0 spiro atoms. The van der Waals surface area contributed by atoms with Crippen molar-refractivity contribution >= 4 is 52.0 Å². The van der Waals surface area contributed by atoms with Crippen LogP contribution in [0.5, 0.6) is 0 Å². The Balaban J connectivity index is 2.11. The summed E-state index contributed by atoms with van der Waals surface area (Å²) in [4.78, 5) is 14.8. The van der Waals surface area contributed by atoms with Gasteiger partial charge < -0.3 is 0 Å². The van der Waals surface area contributed by atoms with Crippen molar-refractivity contribution in [3.8, 4) is 0 Å². The molecule has 0 aromatic heterocycles. The first-order valence-corrected chi connectivity index (χ1v) is 9.04. The van der Waals surface area contributed by atoms with Gasteiger partial charge in [0, 0.05) is 6.54 Å². The lowest BCUT2D eigenvalue weighted by molar-refractivity contribution is -0.122. The van der Waals surface area contributed by atoms with Gasteiger partial charge in [0.2, 0.25) is 0 Å². The number of nitrogens with zero attached hydrogens (tertiary/aromatic N) is 1. The molecule has 1 fully saturated rings. The van der Waals surface area contributed by atoms with Crippen molar-refractivity contribution in [1.29, 1.82) is 0 Å². The Hall–Kier alpha value is -0.780. The summed E-state index contributed by atoms with van der Waals surface area (Å²) in [6.07, 6.45) is 4.98. The van der Waals surface area contributed by atoms with Gasteiger partial charge in [0.15, 0.2) is 0 Å². The highest BCUT2D eigenvalue weighted by molar-refractivity contribution is 8.26. The van der Waals surface area contributed by atoms with E-state index in [0.717, 1.165) is 29.2 Å². The zero-order valence-electron chi connectivity index (χ0n) is 11.6. The molecule has 1 aromatic rings. The van der Waals surface area contributed by atoms with Crippen molar-refractivity contribution in [1.82, 2.24) is 4.90 Å². The molecule has 1 aliphatic heterocycles. The SMILES string of the molecule is CSCCCN1C(=O)C(=Cc2cccc(C)c2)SC1=S. The van der Waals surface area contributed by atoms with Crippen molar-refractivity contribution in [2.24, 2.45) is 0 Å². The third-order valence-electron chi connectivity index (χ3n) is 2.94. The number of thiocarbonyl (C=S) groups is 1. The van der Waals surface area contributed by atoms with Gasteiger partial charge in [-0.05, 0) is 37.0 Å². The zero-order valence-corrected chi connectivity index (χ0v) is 14.0. The van der Waals surface area contributed by atoms with Gasteiger partial charge in [-0.15, -0.1) is 0 Å². The maximum Gasteiger partial charge on any atom is 0.266 e. The van der Waals surface area contributed by atoms with Gasteiger partial charge in [0.25, 0.3) is 5.91 Å². The maximum atomic E-state index is 12.3. The van der Waals surface area contributed by atoms with Crippen molar-refractivity contribution in [3.05, 3.63) is 40.3 Å². The Morgan fingerprint density at radius 1 is 1.45 bits per heavy atom. The third kappa shape index (κ3) is 3.87. The van der Waals surface area contributed by atoms with Crippen LogP contribution in [0.4, 0.5) is 0 Å². The highest BCUT2D eigenvalue weighted by Crippen LogP contribution is 2.32. The minimum atomic E-state index is 0.0441. The predicted molar refractivity (Wildman–Crippen MR) is 94.1 cm³/mol. The van der Waals surface area contributed by atoms with E-state index < -0.39 is 0 Å². The van der Waals surface area contributed by atoms with Gasteiger partial charge in [-0.25, -0.2) is 0 Å². The van der Waals surface area contributed by atoms with Gasteiger partial charge in [-0.3, -0.25) is 9.69 Å². The van der Waals surface area contributed by atoms with E-state index in [0.29, 0.717) is 4.32 Å². The van der Waals surface area contributed by atoms with Crippen molar-refractivity contribution in [2.75, 3.05) is 18.6 Å². The molecule has 0 saturated carbocycles. The fraction of sp³-hybridized carbons (Fsp3) is 0.333. The summed E-state index contributed by atoms with van der Waals surface area (Å²) >= 11 is 8.50. The van der Waals surface area contributed by atoms with Crippen LogP contribution in [0.25, 0.3) is 6.08 Å². The van der Waals surface area contributed by atoms with Crippen LogP contribution in [0, 0.1) is 6.92 Å². The second kappa shape index (κ2) is 7.29. The Kier molecular flexibility index (Phi) is 5.69. The first-order chi connectivity index (χ1) is 9.61. The van der Waals surface area contributed by atoms with Crippen molar-refractivity contribution in [2.45, 2.75) is 13.3 Å². The van der Waals surface area contributed by atoms with Crippen LogP contribution < -0.4 is 0 Å². The minimum absolute atomic E-state index is 0.0441. The van der Waals surface area contributed by atoms with Gasteiger partial charge in [-0.2, -0.15) is 11.8 Å². The first-order valence-electron chi connectivity index (χ1n) is 6.43. The molecule has 0 N–H and O–H groups in total. The number of aryl methyl sites for hydroxylation is 1. The quantitative estimate of drug-likeness (QED) is 0.464. The minimum Gasteiger partial charge on any atom is -0.293 e. The lowest BCUT2D eigenvalue weighted by atomic mass is 10.1. The number of amides is 1. The number of carbonyl (C=O) groups excluding carboxylic acids is 1. The normalized spacial score (nSPS) is 17.3. The summed E-state index contributed by atoms with van der Waals surface area (Å²) in [5, 5.41) is 0. The summed E-state index contributed by atoms with van der Waals surface area (Å²) in [5.41, 5.74) is 2.24. The average molecular weight is 324 g/mol. The molecule has 0 bridgehead atoms. The van der Waals surface area contributed by atoms with Crippen molar-refractivity contribution in [3.63, 3.8) is 0 Å². The first kappa shape index (κ1) is 15.6. The van der Waals surface area contributed by atoms with Gasteiger partial charge in [0.05, 0.1) is 4.91 Å².